The Morgan fingerprint density at radius 1 is 1.00 bits per heavy atom. The zero-order valence-electron chi connectivity index (χ0n) is 22.4. The summed E-state index contributed by atoms with van der Waals surface area (Å²) in [6.45, 7) is 7.33. The number of carbonyl (C=O) groups excluding carboxylic acids is 1. The number of quaternary nitrogens is 1. The number of fused-ring (bicyclic) bond motifs is 1. The summed E-state index contributed by atoms with van der Waals surface area (Å²) in [7, 11) is -2.44. The van der Waals surface area contributed by atoms with Crippen molar-refractivity contribution in [3.8, 4) is 0 Å². The number of amides is 1. The second-order valence-electron chi connectivity index (χ2n) is 10.2. The van der Waals surface area contributed by atoms with E-state index in [1.54, 1.807) is 11.0 Å². The maximum absolute atomic E-state index is 13.5. The van der Waals surface area contributed by atoms with Crippen LogP contribution in [0.3, 0.4) is 0 Å². The van der Waals surface area contributed by atoms with Gasteiger partial charge in [-0.05, 0) is 49.2 Å². The van der Waals surface area contributed by atoms with Crippen molar-refractivity contribution in [2.24, 2.45) is 0 Å². The predicted octanol–water partition coefficient (Wildman–Crippen LogP) is 2.51. The average molecular weight is 546 g/mol. The van der Waals surface area contributed by atoms with E-state index in [2.05, 4.69) is 17.1 Å². The molecule has 9 heteroatoms. The Morgan fingerprint density at radius 3 is 2.44 bits per heavy atom. The monoisotopic (exact) mass is 545 g/mol. The van der Waals surface area contributed by atoms with Crippen LogP contribution in [0.5, 0.6) is 0 Å². The van der Waals surface area contributed by atoms with E-state index in [9.17, 15) is 18.0 Å². The molecule has 3 aromatic carbocycles. The lowest BCUT2D eigenvalue weighted by Crippen LogP contribution is -3.13. The third-order valence-corrected chi connectivity index (χ3v) is 9.27. The third kappa shape index (κ3) is 5.32. The molecule has 1 fully saturated rings. The van der Waals surface area contributed by atoms with Crippen LogP contribution in [0.15, 0.2) is 82.6 Å². The van der Waals surface area contributed by atoms with Gasteiger partial charge in [-0.25, -0.2) is 8.42 Å². The van der Waals surface area contributed by atoms with Crippen LogP contribution in [0.25, 0.3) is 10.9 Å². The normalized spacial score (nSPS) is 14.5. The molecule has 5 rings (SSSR count). The van der Waals surface area contributed by atoms with Crippen molar-refractivity contribution in [2.75, 3.05) is 37.5 Å². The lowest BCUT2D eigenvalue weighted by Gasteiger charge is -2.32. The highest BCUT2D eigenvalue weighted by atomic mass is 32.2. The molecule has 39 heavy (non-hydrogen) atoms. The van der Waals surface area contributed by atoms with Gasteiger partial charge in [0.25, 0.3) is 15.9 Å². The highest BCUT2D eigenvalue weighted by Gasteiger charge is 2.28. The lowest BCUT2D eigenvalue weighted by atomic mass is 10.1. The van der Waals surface area contributed by atoms with Crippen LogP contribution in [0.1, 0.15) is 27.0 Å². The number of aromatic nitrogens is 1. The summed E-state index contributed by atoms with van der Waals surface area (Å²) in [5.41, 5.74) is 3.61. The summed E-state index contributed by atoms with van der Waals surface area (Å²) >= 11 is 0. The number of hydrogen-bond acceptors (Lipinski definition) is 4. The van der Waals surface area contributed by atoms with Gasteiger partial charge in [-0.2, -0.15) is 0 Å². The Kier molecular flexibility index (Phi) is 7.29. The van der Waals surface area contributed by atoms with Gasteiger partial charge in [-0.1, -0.05) is 42.5 Å². The Balaban J connectivity index is 1.38. The number of nitrogens with one attached hydrogen (secondary N) is 2. The third-order valence-electron chi connectivity index (χ3n) is 7.50. The molecule has 1 aliphatic heterocycles. The molecule has 0 radical (unpaired) electrons. The van der Waals surface area contributed by atoms with Gasteiger partial charge in [-0.3, -0.25) is 13.9 Å². The van der Waals surface area contributed by atoms with Gasteiger partial charge in [0, 0.05) is 29.7 Å². The lowest BCUT2D eigenvalue weighted by molar-refractivity contribution is -0.917. The van der Waals surface area contributed by atoms with Gasteiger partial charge >= 0.3 is 0 Å². The first-order valence-electron chi connectivity index (χ1n) is 13.0. The van der Waals surface area contributed by atoms with Crippen molar-refractivity contribution in [1.29, 1.82) is 0 Å². The SMILES string of the molecule is Cc1ccc(C)c(N(C)S(=O)(=O)c2ccc3[nH]cc(C(=O)N4CC[NH+](Cc5ccccc5)CC4)c(=O)c3c2)c1. The Bertz CT molecular complexity index is 1690. The van der Waals surface area contributed by atoms with E-state index in [4.69, 9.17) is 0 Å². The maximum atomic E-state index is 13.5. The molecule has 1 aromatic heterocycles. The smallest absolute Gasteiger partial charge is 0.264 e. The van der Waals surface area contributed by atoms with Crippen LogP contribution in [-0.2, 0) is 16.6 Å². The van der Waals surface area contributed by atoms with Crippen LogP contribution in [0, 0.1) is 13.8 Å². The van der Waals surface area contributed by atoms with E-state index in [1.807, 2.05) is 50.2 Å². The topological polar surface area (TPSA) is 95.0 Å². The van der Waals surface area contributed by atoms with Gasteiger partial charge in [0.1, 0.15) is 12.1 Å². The number of hydrogen-bond donors (Lipinski definition) is 2. The second kappa shape index (κ2) is 10.7. The number of piperazine rings is 1. The molecule has 1 saturated heterocycles. The van der Waals surface area contributed by atoms with E-state index in [-0.39, 0.29) is 21.8 Å². The number of anilines is 1. The first-order valence-corrected chi connectivity index (χ1v) is 14.5. The second-order valence-corrected chi connectivity index (χ2v) is 12.2. The summed E-state index contributed by atoms with van der Waals surface area (Å²) in [5.74, 6) is -0.335. The average Bonchev–Trinajstić information content (AvgIpc) is 2.94. The minimum Gasteiger partial charge on any atom is -0.360 e. The Hall–Kier alpha value is -3.95. The molecule has 0 atom stereocenters. The molecule has 202 valence electrons. The first-order chi connectivity index (χ1) is 18.6. The molecule has 1 aliphatic rings. The van der Waals surface area contributed by atoms with E-state index in [1.165, 1.54) is 40.1 Å². The molecule has 2 N–H and O–H groups in total. The van der Waals surface area contributed by atoms with E-state index in [0.29, 0.717) is 24.3 Å². The zero-order valence-corrected chi connectivity index (χ0v) is 23.2. The molecule has 1 amide bonds. The van der Waals surface area contributed by atoms with E-state index >= 15 is 0 Å². The van der Waals surface area contributed by atoms with Crippen LogP contribution < -0.4 is 14.6 Å². The molecular formula is C30H33N4O4S+. The molecule has 0 spiro atoms. The van der Waals surface area contributed by atoms with Crippen LogP contribution >= 0.6 is 0 Å². The first kappa shape index (κ1) is 26.6. The fourth-order valence-electron chi connectivity index (χ4n) is 5.12. The fourth-order valence-corrected chi connectivity index (χ4v) is 6.40. The molecule has 8 nitrogen and oxygen atoms in total. The standard InChI is InChI=1S/C30H32N4O4S/c1-21-9-10-22(2)28(17-21)32(3)39(37,38)24-11-12-27-25(18-24)29(35)26(19-31-27)30(36)34-15-13-33(14-16-34)20-23-7-5-4-6-8-23/h4-12,17-19H,13-16,20H2,1-3H3,(H,31,35)/p+1. The van der Waals surface area contributed by atoms with Crippen LogP contribution in [0.2, 0.25) is 0 Å². The molecule has 2 heterocycles. The Morgan fingerprint density at radius 2 is 1.72 bits per heavy atom. The van der Waals surface area contributed by atoms with Crippen molar-refractivity contribution in [1.82, 2.24) is 9.88 Å². The van der Waals surface area contributed by atoms with Crippen molar-refractivity contribution in [3.05, 3.63) is 105 Å². The van der Waals surface area contributed by atoms with E-state index < -0.39 is 15.5 Å². The van der Waals surface area contributed by atoms with Crippen molar-refractivity contribution in [2.45, 2.75) is 25.3 Å². The molecule has 0 aliphatic carbocycles. The number of nitrogens with zero attached hydrogens (tertiary/aromatic N) is 2. The quantitative estimate of drug-likeness (QED) is 0.389. The van der Waals surface area contributed by atoms with Crippen molar-refractivity contribution in [3.63, 3.8) is 0 Å². The number of aromatic amines is 1. The summed E-state index contributed by atoms with van der Waals surface area (Å²) in [6.07, 6.45) is 1.44. The highest BCUT2D eigenvalue weighted by molar-refractivity contribution is 7.92. The van der Waals surface area contributed by atoms with Crippen molar-refractivity contribution < 1.29 is 18.1 Å². The molecule has 4 aromatic rings. The summed E-state index contributed by atoms with van der Waals surface area (Å²) < 4.78 is 28.3. The van der Waals surface area contributed by atoms with Crippen LogP contribution in [-0.4, -0.2) is 57.4 Å². The van der Waals surface area contributed by atoms with Gasteiger partial charge < -0.3 is 14.8 Å². The molecule has 0 unspecified atom stereocenters. The largest absolute Gasteiger partial charge is 0.360 e. The minimum atomic E-state index is -3.94. The number of rotatable bonds is 6. The predicted molar refractivity (Wildman–Crippen MR) is 153 cm³/mol. The highest BCUT2D eigenvalue weighted by Crippen LogP contribution is 2.27. The molecular weight excluding hydrogens is 512 g/mol. The molecule has 0 saturated carbocycles. The molecule has 0 bridgehead atoms. The number of aryl methyl sites for hydroxylation is 2. The summed E-state index contributed by atoms with van der Waals surface area (Å²) in [5, 5.41) is 0.171. The zero-order chi connectivity index (χ0) is 27.7. The number of carbonyl (C=O) groups is 1. The van der Waals surface area contributed by atoms with E-state index in [0.717, 1.165) is 30.8 Å². The van der Waals surface area contributed by atoms with Gasteiger partial charge in [-0.15, -0.1) is 0 Å². The number of sulfonamides is 1. The number of benzene rings is 3. The maximum Gasteiger partial charge on any atom is 0.264 e. The Labute approximate surface area is 228 Å². The van der Waals surface area contributed by atoms with Crippen LogP contribution in [0.4, 0.5) is 5.69 Å². The minimum absolute atomic E-state index is 0.00775. The van der Waals surface area contributed by atoms with Gasteiger partial charge in [0.15, 0.2) is 0 Å². The number of H-pyrrole nitrogens is 1. The summed E-state index contributed by atoms with van der Waals surface area (Å²) in [6, 6.07) is 20.3. The fraction of sp³-hybridized carbons (Fsp3) is 0.267. The van der Waals surface area contributed by atoms with Gasteiger partial charge in [0.2, 0.25) is 5.43 Å². The van der Waals surface area contributed by atoms with Gasteiger partial charge in [0.05, 0.1) is 36.8 Å². The summed E-state index contributed by atoms with van der Waals surface area (Å²) in [4.78, 5) is 32.9. The van der Waals surface area contributed by atoms with Crippen molar-refractivity contribution >= 4 is 32.5 Å². The number of pyridine rings is 1.